The van der Waals surface area contributed by atoms with Crippen LogP contribution in [-0.4, -0.2) is 32.1 Å². The van der Waals surface area contributed by atoms with Crippen molar-refractivity contribution in [1.29, 1.82) is 0 Å². The zero-order chi connectivity index (χ0) is 18.2. The second kappa shape index (κ2) is 9.20. The maximum absolute atomic E-state index is 12.3. The lowest BCUT2D eigenvalue weighted by Crippen LogP contribution is -2.18. The van der Waals surface area contributed by atoms with Crippen molar-refractivity contribution in [3.63, 3.8) is 0 Å². The van der Waals surface area contributed by atoms with E-state index in [2.05, 4.69) is 10.1 Å². The zero-order valence-corrected chi connectivity index (χ0v) is 14.8. The molecule has 1 aromatic rings. The molecule has 0 aromatic heterocycles. The lowest BCUT2D eigenvalue weighted by Gasteiger charge is -2.21. The highest BCUT2D eigenvalue weighted by molar-refractivity contribution is 6.03. The molecule has 0 atom stereocenters. The van der Waals surface area contributed by atoms with E-state index in [1.54, 1.807) is 0 Å². The first kappa shape index (κ1) is 19.0. The highest BCUT2D eigenvalue weighted by Crippen LogP contribution is 2.27. The summed E-state index contributed by atoms with van der Waals surface area (Å²) in [5.41, 5.74) is 0.738. The number of methoxy groups -OCH3 is 2. The van der Waals surface area contributed by atoms with Crippen molar-refractivity contribution in [3.05, 3.63) is 29.3 Å². The lowest BCUT2D eigenvalue weighted by atomic mass is 9.86. The van der Waals surface area contributed by atoms with Crippen molar-refractivity contribution in [3.8, 4) is 0 Å². The van der Waals surface area contributed by atoms with Crippen molar-refractivity contribution in [1.82, 2.24) is 0 Å². The van der Waals surface area contributed by atoms with Crippen molar-refractivity contribution < 1.29 is 23.9 Å². The molecule has 1 N–H and O–H groups in total. The van der Waals surface area contributed by atoms with Crippen LogP contribution in [0.15, 0.2) is 18.2 Å². The SMILES string of the molecule is COC(=O)c1ccc(C(=O)OC)c(NC(=O)CCC2CCCCC2)c1. The van der Waals surface area contributed by atoms with E-state index in [1.165, 1.54) is 64.5 Å². The summed E-state index contributed by atoms with van der Waals surface area (Å²) < 4.78 is 9.42. The summed E-state index contributed by atoms with van der Waals surface area (Å²) in [7, 11) is 2.55. The summed E-state index contributed by atoms with van der Waals surface area (Å²) in [4.78, 5) is 35.9. The third-order valence-electron chi connectivity index (χ3n) is 4.62. The molecule has 0 bridgehead atoms. The Labute approximate surface area is 147 Å². The van der Waals surface area contributed by atoms with E-state index < -0.39 is 11.9 Å². The van der Waals surface area contributed by atoms with Gasteiger partial charge in [-0.3, -0.25) is 4.79 Å². The van der Waals surface area contributed by atoms with Gasteiger partial charge in [0.2, 0.25) is 5.91 Å². The van der Waals surface area contributed by atoms with Crippen molar-refractivity contribution in [2.24, 2.45) is 5.92 Å². The number of ether oxygens (including phenoxy) is 2. The van der Waals surface area contributed by atoms with Crippen LogP contribution in [0.4, 0.5) is 5.69 Å². The second-order valence-electron chi connectivity index (χ2n) is 6.33. The van der Waals surface area contributed by atoms with Crippen LogP contribution in [0.5, 0.6) is 0 Å². The van der Waals surface area contributed by atoms with Crippen molar-refractivity contribution in [2.75, 3.05) is 19.5 Å². The predicted molar refractivity (Wildman–Crippen MR) is 93.6 cm³/mol. The molecule has 0 spiro atoms. The number of carbonyl (C=O) groups is 3. The maximum Gasteiger partial charge on any atom is 0.339 e. The van der Waals surface area contributed by atoms with E-state index in [9.17, 15) is 14.4 Å². The maximum atomic E-state index is 12.3. The Morgan fingerprint density at radius 2 is 1.72 bits per heavy atom. The molecule has 136 valence electrons. The van der Waals surface area contributed by atoms with Gasteiger partial charge in [0.05, 0.1) is 31.0 Å². The summed E-state index contributed by atoms with van der Waals surface area (Å²) in [6.07, 6.45) is 7.35. The summed E-state index contributed by atoms with van der Waals surface area (Å²) in [6, 6.07) is 4.36. The van der Waals surface area contributed by atoms with Gasteiger partial charge in [0.15, 0.2) is 0 Å². The quantitative estimate of drug-likeness (QED) is 0.796. The second-order valence-corrected chi connectivity index (χ2v) is 6.33. The van der Waals surface area contributed by atoms with Crippen molar-refractivity contribution in [2.45, 2.75) is 44.9 Å². The van der Waals surface area contributed by atoms with E-state index >= 15 is 0 Å². The molecule has 1 aliphatic rings. The molecule has 1 aromatic carbocycles. The smallest absolute Gasteiger partial charge is 0.339 e. The molecule has 0 aliphatic heterocycles. The standard InChI is InChI=1S/C19H25NO5/c1-24-18(22)14-9-10-15(19(23)25-2)16(12-14)20-17(21)11-8-13-6-4-3-5-7-13/h9-10,12-13H,3-8,11H2,1-2H3,(H,20,21). The molecule has 25 heavy (non-hydrogen) atoms. The predicted octanol–water partition coefficient (Wildman–Crippen LogP) is 3.56. The molecular weight excluding hydrogens is 322 g/mol. The van der Waals surface area contributed by atoms with Crippen LogP contribution >= 0.6 is 0 Å². The van der Waals surface area contributed by atoms with Gasteiger partial charge in [0, 0.05) is 6.42 Å². The van der Waals surface area contributed by atoms with Crippen LogP contribution in [0.1, 0.15) is 65.7 Å². The molecule has 0 saturated heterocycles. The topological polar surface area (TPSA) is 81.7 Å². The fourth-order valence-corrected chi connectivity index (χ4v) is 3.20. The summed E-state index contributed by atoms with van der Waals surface area (Å²) in [5, 5.41) is 2.74. The van der Waals surface area contributed by atoms with Crippen LogP contribution in [0.3, 0.4) is 0 Å². The largest absolute Gasteiger partial charge is 0.465 e. The zero-order valence-electron chi connectivity index (χ0n) is 14.8. The Hall–Kier alpha value is -2.37. The first-order valence-electron chi connectivity index (χ1n) is 8.65. The molecular formula is C19H25NO5. The normalized spacial score (nSPS) is 14.6. The third kappa shape index (κ3) is 5.31. The highest BCUT2D eigenvalue weighted by Gasteiger charge is 2.19. The number of rotatable bonds is 6. The molecule has 6 heteroatoms. The van der Waals surface area contributed by atoms with Gasteiger partial charge in [0.25, 0.3) is 0 Å². The number of hydrogen-bond acceptors (Lipinski definition) is 5. The molecule has 1 amide bonds. The summed E-state index contributed by atoms with van der Waals surface area (Å²) in [5.74, 6) is -0.674. The number of carbonyl (C=O) groups excluding carboxylic acids is 3. The van der Waals surface area contributed by atoms with Crippen LogP contribution in [0, 0.1) is 5.92 Å². The Morgan fingerprint density at radius 3 is 2.36 bits per heavy atom. The van der Waals surface area contributed by atoms with E-state index in [1.807, 2.05) is 0 Å². The molecule has 6 nitrogen and oxygen atoms in total. The number of hydrogen-bond donors (Lipinski definition) is 1. The average molecular weight is 347 g/mol. The molecule has 1 fully saturated rings. The molecule has 1 saturated carbocycles. The minimum Gasteiger partial charge on any atom is -0.465 e. The Morgan fingerprint density at radius 1 is 1.04 bits per heavy atom. The van der Waals surface area contributed by atoms with Gasteiger partial charge >= 0.3 is 11.9 Å². The van der Waals surface area contributed by atoms with Gasteiger partial charge < -0.3 is 14.8 Å². The van der Waals surface area contributed by atoms with Gasteiger partial charge in [0.1, 0.15) is 0 Å². The number of benzene rings is 1. The fraction of sp³-hybridized carbons (Fsp3) is 0.526. The first-order chi connectivity index (χ1) is 12.0. The Balaban J connectivity index is 2.07. The molecule has 0 unspecified atom stereocenters. The molecule has 0 radical (unpaired) electrons. The van der Waals surface area contributed by atoms with Gasteiger partial charge in [-0.15, -0.1) is 0 Å². The van der Waals surface area contributed by atoms with Crippen LogP contribution in [-0.2, 0) is 14.3 Å². The summed E-state index contributed by atoms with van der Waals surface area (Å²) >= 11 is 0. The number of anilines is 1. The third-order valence-corrected chi connectivity index (χ3v) is 4.62. The van der Waals surface area contributed by atoms with Crippen LogP contribution < -0.4 is 5.32 Å². The fourth-order valence-electron chi connectivity index (χ4n) is 3.20. The number of nitrogens with one attached hydrogen (secondary N) is 1. The van der Waals surface area contributed by atoms with Gasteiger partial charge in [-0.25, -0.2) is 9.59 Å². The monoisotopic (exact) mass is 347 g/mol. The van der Waals surface area contributed by atoms with Crippen LogP contribution in [0.25, 0.3) is 0 Å². The van der Waals surface area contributed by atoms with E-state index in [0.29, 0.717) is 12.3 Å². The van der Waals surface area contributed by atoms with E-state index in [4.69, 9.17) is 4.74 Å². The van der Waals surface area contributed by atoms with Gasteiger partial charge in [-0.2, -0.15) is 0 Å². The number of amides is 1. The molecule has 2 rings (SSSR count). The van der Waals surface area contributed by atoms with E-state index in [-0.39, 0.29) is 22.7 Å². The van der Waals surface area contributed by atoms with Crippen molar-refractivity contribution >= 4 is 23.5 Å². The first-order valence-corrected chi connectivity index (χ1v) is 8.65. The minimum absolute atomic E-state index is 0.169. The van der Waals surface area contributed by atoms with Gasteiger partial charge in [-0.1, -0.05) is 32.1 Å². The van der Waals surface area contributed by atoms with Gasteiger partial charge in [-0.05, 0) is 30.5 Å². The Kier molecular flexibility index (Phi) is 6.98. The van der Waals surface area contributed by atoms with Crippen LogP contribution in [0.2, 0.25) is 0 Å². The summed E-state index contributed by atoms with van der Waals surface area (Å²) in [6.45, 7) is 0. The molecule has 0 heterocycles. The Bertz CT molecular complexity index is 635. The van der Waals surface area contributed by atoms with E-state index in [0.717, 1.165) is 6.42 Å². The number of esters is 2. The average Bonchev–Trinajstić information content (AvgIpc) is 2.65. The minimum atomic E-state index is -0.570. The lowest BCUT2D eigenvalue weighted by molar-refractivity contribution is -0.116. The highest BCUT2D eigenvalue weighted by atomic mass is 16.5. The molecule has 1 aliphatic carbocycles.